The van der Waals surface area contributed by atoms with E-state index < -0.39 is 0 Å². The highest BCUT2D eigenvalue weighted by molar-refractivity contribution is 6.51. The number of aryl methyl sites for hydroxylation is 1. The van der Waals surface area contributed by atoms with Crippen LogP contribution in [0, 0.1) is 6.92 Å². The van der Waals surface area contributed by atoms with Gasteiger partial charge in [0, 0.05) is 11.1 Å². The molecule has 0 N–H and O–H groups in total. The molecule has 2 rings (SSSR count). The fourth-order valence-corrected chi connectivity index (χ4v) is 2.97. The van der Waals surface area contributed by atoms with E-state index >= 15 is 0 Å². The average Bonchev–Trinajstić information content (AvgIpc) is 2.38. The quantitative estimate of drug-likeness (QED) is 0.369. The van der Waals surface area contributed by atoms with Crippen molar-refractivity contribution in [1.29, 1.82) is 0 Å². The molecule has 5 heteroatoms. The van der Waals surface area contributed by atoms with Crippen LogP contribution in [0.2, 0.25) is 20.1 Å². The molecular weight excluding hydrogens is 326 g/mol. The fraction of sp³-hybridized carbons (Fsp3) is 0.0714. The number of carbonyl (C=O) groups excluding carboxylic acids is 1. The molecule has 0 unspecified atom stereocenters. The van der Waals surface area contributed by atoms with Crippen molar-refractivity contribution in [1.82, 2.24) is 0 Å². The zero-order valence-corrected chi connectivity index (χ0v) is 12.8. The Morgan fingerprint density at radius 2 is 1.63 bits per heavy atom. The largest absolute Gasteiger partial charge is 0.298 e. The molecule has 98 valence electrons. The molecule has 0 aliphatic rings. The second kappa shape index (κ2) is 5.72. The first-order chi connectivity index (χ1) is 8.95. The van der Waals surface area contributed by atoms with Crippen molar-refractivity contribution in [3.63, 3.8) is 0 Å². The van der Waals surface area contributed by atoms with Gasteiger partial charge >= 0.3 is 0 Å². The summed E-state index contributed by atoms with van der Waals surface area (Å²) in [6, 6.07) is 6.80. The van der Waals surface area contributed by atoms with E-state index in [-0.39, 0.29) is 5.02 Å². The number of aldehydes is 1. The second-order valence-electron chi connectivity index (χ2n) is 4.04. The van der Waals surface area contributed by atoms with Gasteiger partial charge in [-0.2, -0.15) is 0 Å². The monoisotopic (exact) mass is 332 g/mol. The maximum Gasteiger partial charge on any atom is 0.150 e. The fourth-order valence-electron chi connectivity index (χ4n) is 1.85. The van der Waals surface area contributed by atoms with Gasteiger partial charge in [0.1, 0.15) is 6.29 Å². The third-order valence-corrected chi connectivity index (χ3v) is 4.33. The Morgan fingerprint density at radius 1 is 0.947 bits per heavy atom. The highest BCUT2D eigenvalue weighted by atomic mass is 35.5. The Kier molecular flexibility index (Phi) is 4.42. The van der Waals surface area contributed by atoms with Crippen LogP contribution in [0.15, 0.2) is 24.3 Å². The van der Waals surface area contributed by atoms with Gasteiger partial charge in [0.05, 0.1) is 20.1 Å². The Labute approximate surface area is 131 Å². The van der Waals surface area contributed by atoms with Gasteiger partial charge in [-0.3, -0.25) is 4.79 Å². The van der Waals surface area contributed by atoms with Crippen molar-refractivity contribution < 1.29 is 4.79 Å². The summed E-state index contributed by atoms with van der Waals surface area (Å²) in [5, 5.41) is 1.30. The molecule has 0 radical (unpaired) electrons. The highest BCUT2D eigenvalue weighted by Crippen LogP contribution is 2.43. The maximum absolute atomic E-state index is 10.7. The van der Waals surface area contributed by atoms with Gasteiger partial charge in [-0.25, -0.2) is 0 Å². The number of hydrogen-bond acceptors (Lipinski definition) is 1. The highest BCUT2D eigenvalue weighted by Gasteiger charge is 2.16. The lowest BCUT2D eigenvalue weighted by molar-refractivity contribution is 0.112. The third kappa shape index (κ3) is 2.75. The van der Waals surface area contributed by atoms with Crippen LogP contribution in [0.4, 0.5) is 0 Å². The van der Waals surface area contributed by atoms with E-state index in [1.54, 1.807) is 24.3 Å². The molecule has 0 saturated carbocycles. The summed E-state index contributed by atoms with van der Waals surface area (Å²) >= 11 is 24.4. The van der Waals surface area contributed by atoms with Crippen LogP contribution in [-0.2, 0) is 0 Å². The van der Waals surface area contributed by atoms with Crippen molar-refractivity contribution in [2.45, 2.75) is 6.92 Å². The lowest BCUT2D eigenvalue weighted by atomic mass is 9.98. The predicted molar refractivity (Wildman–Crippen MR) is 82.0 cm³/mol. The topological polar surface area (TPSA) is 17.1 Å². The number of carbonyl (C=O) groups is 1. The molecule has 0 heterocycles. The van der Waals surface area contributed by atoms with Gasteiger partial charge in [-0.15, -0.1) is 0 Å². The Bertz CT molecular complexity index is 665. The molecule has 1 nitrogen and oxygen atoms in total. The normalized spacial score (nSPS) is 10.6. The molecular formula is C14H8Cl4O. The summed E-state index contributed by atoms with van der Waals surface area (Å²) in [5.41, 5.74) is 2.91. The van der Waals surface area contributed by atoms with E-state index in [2.05, 4.69) is 0 Å². The van der Waals surface area contributed by atoms with E-state index in [1.807, 2.05) is 6.92 Å². The Hall–Kier alpha value is -0.730. The lowest BCUT2D eigenvalue weighted by Crippen LogP contribution is -1.90. The van der Waals surface area contributed by atoms with Crippen molar-refractivity contribution in [3.05, 3.63) is 55.5 Å². The van der Waals surface area contributed by atoms with Crippen LogP contribution in [0.25, 0.3) is 11.1 Å². The average molecular weight is 334 g/mol. The lowest BCUT2D eigenvalue weighted by Gasteiger charge is -2.13. The first-order valence-corrected chi connectivity index (χ1v) is 6.86. The number of halogens is 4. The van der Waals surface area contributed by atoms with Gasteiger partial charge in [-0.05, 0) is 30.2 Å². The minimum atomic E-state index is 0.265. The number of rotatable bonds is 2. The summed E-state index contributed by atoms with van der Waals surface area (Å²) in [6.45, 7) is 1.87. The van der Waals surface area contributed by atoms with E-state index in [1.165, 1.54) is 0 Å². The van der Waals surface area contributed by atoms with Gasteiger partial charge < -0.3 is 0 Å². The summed E-state index contributed by atoms with van der Waals surface area (Å²) < 4.78 is 0. The van der Waals surface area contributed by atoms with Crippen molar-refractivity contribution in [3.8, 4) is 11.1 Å². The van der Waals surface area contributed by atoms with Crippen LogP contribution in [-0.4, -0.2) is 6.29 Å². The molecule has 0 aliphatic carbocycles. The summed E-state index contributed by atoms with van der Waals surface area (Å²) in [6.07, 6.45) is 0.787. The number of benzene rings is 2. The van der Waals surface area contributed by atoms with Gasteiger partial charge in [0.2, 0.25) is 0 Å². The summed E-state index contributed by atoms with van der Waals surface area (Å²) in [7, 11) is 0. The molecule has 19 heavy (non-hydrogen) atoms. The van der Waals surface area contributed by atoms with Crippen LogP contribution in [0.1, 0.15) is 15.9 Å². The second-order valence-corrected chi connectivity index (χ2v) is 5.61. The van der Waals surface area contributed by atoms with Crippen molar-refractivity contribution in [2.75, 3.05) is 0 Å². The van der Waals surface area contributed by atoms with Gasteiger partial charge in [0.25, 0.3) is 0 Å². The molecule has 0 aromatic heterocycles. The Balaban J connectivity index is 2.72. The van der Waals surface area contributed by atoms with Crippen LogP contribution < -0.4 is 0 Å². The molecule has 0 aliphatic heterocycles. The molecule has 2 aromatic rings. The van der Waals surface area contributed by atoms with Crippen LogP contribution in [0.5, 0.6) is 0 Å². The minimum absolute atomic E-state index is 0.265. The third-order valence-electron chi connectivity index (χ3n) is 2.77. The Morgan fingerprint density at radius 3 is 2.21 bits per heavy atom. The standard InChI is InChI=1S/C14H8Cl4O/c1-7-4-8(6-19)2-3-9(7)12-10(15)5-11(16)13(17)14(12)18/h2-6H,1H3. The first-order valence-electron chi connectivity index (χ1n) is 5.35. The van der Waals surface area contributed by atoms with E-state index in [4.69, 9.17) is 46.4 Å². The molecule has 0 atom stereocenters. The van der Waals surface area contributed by atoms with Crippen molar-refractivity contribution >= 4 is 52.7 Å². The first kappa shape index (κ1) is 14.7. The zero-order valence-electron chi connectivity index (χ0n) is 9.81. The number of hydrogen-bond donors (Lipinski definition) is 0. The van der Waals surface area contributed by atoms with E-state index in [0.29, 0.717) is 26.2 Å². The van der Waals surface area contributed by atoms with Gasteiger partial charge in [0.15, 0.2) is 0 Å². The van der Waals surface area contributed by atoms with E-state index in [9.17, 15) is 4.79 Å². The molecule has 0 fully saturated rings. The zero-order chi connectivity index (χ0) is 14.2. The molecule has 0 bridgehead atoms. The molecule has 0 amide bonds. The maximum atomic E-state index is 10.7. The SMILES string of the molecule is Cc1cc(C=O)ccc1-c1c(Cl)cc(Cl)c(Cl)c1Cl. The summed E-state index contributed by atoms with van der Waals surface area (Å²) in [5.74, 6) is 0. The smallest absolute Gasteiger partial charge is 0.150 e. The van der Waals surface area contributed by atoms with Crippen molar-refractivity contribution in [2.24, 2.45) is 0 Å². The predicted octanol–water partition coefficient (Wildman–Crippen LogP) is 6.09. The van der Waals surface area contributed by atoms with E-state index in [0.717, 1.165) is 17.4 Å². The summed E-state index contributed by atoms with van der Waals surface area (Å²) in [4.78, 5) is 10.7. The minimum Gasteiger partial charge on any atom is -0.298 e. The molecule has 0 saturated heterocycles. The molecule has 2 aromatic carbocycles. The molecule has 0 spiro atoms. The van der Waals surface area contributed by atoms with Crippen LogP contribution >= 0.6 is 46.4 Å². The van der Waals surface area contributed by atoms with Crippen LogP contribution in [0.3, 0.4) is 0 Å². The van der Waals surface area contributed by atoms with Gasteiger partial charge in [-0.1, -0.05) is 58.5 Å².